The first kappa shape index (κ1) is 17.7. The highest BCUT2D eigenvalue weighted by atomic mass is 32.2. The average molecular weight is 351 g/mol. The molecule has 3 N–H and O–H groups in total. The quantitative estimate of drug-likeness (QED) is 0.426. The van der Waals surface area contributed by atoms with Crippen LogP contribution in [0.1, 0.15) is 6.42 Å². The summed E-state index contributed by atoms with van der Waals surface area (Å²) in [5, 5.41) is 18.8. The minimum absolute atomic E-state index is 0.225. The first-order valence-corrected chi connectivity index (χ1v) is 8.65. The molecule has 0 spiro atoms. The zero-order chi connectivity index (χ0) is 17.6. The first-order chi connectivity index (χ1) is 11.4. The highest BCUT2D eigenvalue weighted by molar-refractivity contribution is 7.89. The number of nitrogens with zero attached hydrogens (tertiary/aromatic N) is 1. The van der Waals surface area contributed by atoms with Crippen molar-refractivity contribution < 1.29 is 18.1 Å². The molecule has 2 rings (SSSR count). The number of rotatable bonds is 8. The SMILES string of the molecule is NS(=O)(=O)c1cc([N+](=O)[O-])ccc1NCCCOc1ccccc1. The highest BCUT2D eigenvalue weighted by Gasteiger charge is 2.18. The molecule has 0 aliphatic heterocycles. The van der Waals surface area contributed by atoms with Gasteiger partial charge in [0.25, 0.3) is 5.69 Å². The second-order valence-corrected chi connectivity index (χ2v) is 6.45. The number of hydrogen-bond acceptors (Lipinski definition) is 6. The number of nitro benzene ring substituents is 1. The fourth-order valence-corrected chi connectivity index (χ4v) is 2.74. The van der Waals surface area contributed by atoms with Crippen molar-refractivity contribution >= 4 is 21.4 Å². The Morgan fingerprint density at radius 2 is 1.88 bits per heavy atom. The van der Waals surface area contributed by atoms with Gasteiger partial charge < -0.3 is 10.1 Å². The Hall–Kier alpha value is -2.65. The van der Waals surface area contributed by atoms with Crippen LogP contribution in [-0.2, 0) is 10.0 Å². The minimum Gasteiger partial charge on any atom is -0.494 e. The molecule has 0 fully saturated rings. The van der Waals surface area contributed by atoms with Crippen molar-refractivity contribution in [2.45, 2.75) is 11.3 Å². The summed E-state index contributed by atoms with van der Waals surface area (Å²) in [5.41, 5.74) is -0.111. The van der Waals surface area contributed by atoms with Crippen molar-refractivity contribution in [3.8, 4) is 5.75 Å². The second-order valence-electron chi connectivity index (χ2n) is 4.92. The van der Waals surface area contributed by atoms with Gasteiger partial charge in [-0.15, -0.1) is 0 Å². The molecule has 0 aromatic heterocycles. The number of nitrogens with two attached hydrogens (primary N) is 1. The normalized spacial score (nSPS) is 11.0. The second kappa shape index (κ2) is 7.75. The molecule has 0 heterocycles. The van der Waals surface area contributed by atoms with Crippen LogP contribution in [0.2, 0.25) is 0 Å². The van der Waals surface area contributed by atoms with Crippen molar-refractivity contribution in [2.24, 2.45) is 5.14 Å². The van der Waals surface area contributed by atoms with Gasteiger partial charge in [-0.25, -0.2) is 13.6 Å². The van der Waals surface area contributed by atoms with Crippen LogP contribution in [0.25, 0.3) is 0 Å². The van der Waals surface area contributed by atoms with Gasteiger partial charge in [-0.1, -0.05) is 18.2 Å². The minimum atomic E-state index is -4.07. The third-order valence-corrected chi connectivity index (χ3v) is 4.08. The Morgan fingerprint density at radius 3 is 2.50 bits per heavy atom. The van der Waals surface area contributed by atoms with Gasteiger partial charge in [0, 0.05) is 18.7 Å². The van der Waals surface area contributed by atoms with Crippen molar-refractivity contribution in [3.05, 3.63) is 58.6 Å². The van der Waals surface area contributed by atoms with Crippen LogP contribution < -0.4 is 15.2 Å². The largest absolute Gasteiger partial charge is 0.494 e. The molecule has 0 aliphatic rings. The van der Waals surface area contributed by atoms with Crippen LogP contribution in [0.4, 0.5) is 11.4 Å². The molecule has 0 radical (unpaired) electrons. The number of sulfonamides is 1. The van der Waals surface area contributed by atoms with Crippen molar-refractivity contribution in [2.75, 3.05) is 18.5 Å². The molecule has 2 aromatic carbocycles. The van der Waals surface area contributed by atoms with E-state index in [1.165, 1.54) is 12.1 Å². The van der Waals surface area contributed by atoms with Crippen LogP contribution in [0.3, 0.4) is 0 Å². The smallest absolute Gasteiger partial charge is 0.270 e. The molecule has 0 amide bonds. The molecule has 0 aliphatic carbocycles. The maximum absolute atomic E-state index is 11.6. The number of anilines is 1. The van der Waals surface area contributed by atoms with Crippen LogP contribution >= 0.6 is 0 Å². The number of hydrogen-bond donors (Lipinski definition) is 2. The molecule has 0 bridgehead atoms. The summed E-state index contributed by atoms with van der Waals surface area (Å²) in [6.45, 7) is 0.863. The summed E-state index contributed by atoms with van der Waals surface area (Å²) < 4.78 is 28.7. The van der Waals surface area contributed by atoms with Gasteiger partial charge in [-0.05, 0) is 24.6 Å². The number of primary sulfonamides is 1. The molecule has 9 heteroatoms. The van der Waals surface area contributed by atoms with Gasteiger partial charge in [0.2, 0.25) is 10.0 Å². The summed E-state index contributed by atoms with van der Waals surface area (Å²) in [6, 6.07) is 12.8. The molecular formula is C15H17N3O5S. The molecule has 0 atom stereocenters. The third kappa shape index (κ3) is 4.93. The van der Waals surface area contributed by atoms with Gasteiger partial charge in [0.05, 0.1) is 17.2 Å². The molecular weight excluding hydrogens is 334 g/mol. The Morgan fingerprint density at radius 1 is 1.17 bits per heavy atom. The van der Waals surface area contributed by atoms with Crippen molar-refractivity contribution in [1.82, 2.24) is 0 Å². The van der Waals surface area contributed by atoms with Gasteiger partial charge in [-0.3, -0.25) is 10.1 Å². The highest BCUT2D eigenvalue weighted by Crippen LogP contribution is 2.25. The summed E-state index contributed by atoms with van der Waals surface area (Å²) in [4.78, 5) is 9.78. The summed E-state index contributed by atoms with van der Waals surface area (Å²) in [5.74, 6) is 0.748. The number of ether oxygens (including phenoxy) is 1. The predicted octanol–water partition coefficient (Wildman–Crippen LogP) is 2.12. The molecule has 2 aromatic rings. The Labute approximate surface area is 139 Å². The lowest BCUT2D eigenvalue weighted by atomic mass is 10.2. The van der Waals surface area contributed by atoms with Gasteiger partial charge in [0.1, 0.15) is 10.6 Å². The Kier molecular flexibility index (Phi) is 5.72. The maximum Gasteiger partial charge on any atom is 0.270 e. The van der Waals surface area contributed by atoms with E-state index in [-0.39, 0.29) is 16.3 Å². The molecule has 24 heavy (non-hydrogen) atoms. The molecule has 0 saturated carbocycles. The molecule has 0 unspecified atom stereocenters. The maximum atomic E-state index is 11.6. The van der Waals surface area contributed by atoms with Crippen LogP contribution in [-0.4, -0.2) is 26.5 Å². The van der Waals surface area contributed by atoms with E-state index >= 15 is 0 Å². The van der Waals surface area contributed by atoms with Crippen LogP contribution in [0, 0.1) is 10.1 Å². The van der Waals surface area contributed by atoms with Gasteiger partial charge >= 0.3 is 0 Å². The number of para-hydroxylation sites is 1. The lowest BCUT2D eigenvalue weighted by molar-refractivity contribution is -0.385. The lowest BCUT2D eigenvalue weighted by Crippen LogP contribution is -2.16. The summed E-state index contributed by atoms with van der Waals surface area (Å²) in [7, 11) is -4.07. The fourth-order valence-electron chi connectivity index (χ4n) is 2.01. The van der Waals surface area contributed by atoms with E-state index in [9.17, 15) is 18.5 Å². The fraction of sp³-hybridized carbons (Fsp3) is 0.200. The van der Waals surface area contributed by atoms with E-state index in [1.807, 2.05) is 30.3 Å². The number of benzene rings is 2. The number of nitrogens with one attached hydrogen (secondary N) is 1. The standard InChI is InChI=1S/C15H17N3O5S/c16-24(21,22)15-11-12(18(19)20)7-8-14(15)17-9-4-10-23-13-5-2-1-3-6-13/h1-3,5-8,11,17H,4,9-10H2,(H2,16,21,22). The van der Waals surface area contributed by atoms with Crippen LogP contribution in [0.5, 0.6) is 5.75 Å². The van der Waals surface area contributed by atoms with Crippen molar-refractivity contribution in [1.29, 1.82) is 0 Å². The monoisotopic (exact) mass is 351 g/mol. The zero-order valence-corrected chi connectivity index (χ0v) is 13.5. The molecule has 128 valence electrons. The van der Waals surface area contributed by atoms with Gasteiger partial charge in [-0.2, -0.15) is 0 Å². The van der Waals surface area contributed by atoms with E-state index in [0.717, 1.165) is 11.8 Å². The van der Waals surface area contributed by atoms with Crippen LogP contribution in [0.15, 0.2) is 53.4 Å². The predicted molar refractivity (Wildman–Crippen MR) is 89.5 cm³/mol. The first-order valence-electron chi connectivity index (χ1n) is 7.11. The number of non-ortho nitro benzene ring substituents is 1. The summed E-state index contributed by atoms with van der Waals surface area (Å²) >= 11 is 0. The Bertz CT molecular complexity index is 809. The topological polar surface area (TPSA) is 125 Å². The lowest BCUT2D eigenvalue weighted by Gasteiger charge is -2.11. The van der Waals surface area contributed by atoms with E-state index in [4.69, 9.17) is 9.88 Å². The summed E-state index contributed by atoms with van der Waals surface area (Å²) in [6.07, 6.45) is 0.607. The molecule has 0 saturated heterocycles. The van der Waals surface area contributed by atoms with Crippen molar-refractivity contribution in [3.63, 3.8) is 0 Å². The average Bonchev–Trinajstić information content (AvgIpc) is 2.54. The number of nitro groups is 1. The zero-order valence-electron chi connectivity index (χ0n) is 12.7. The van der Waals surface area contributed by atoms with E-state index in [1.54, 1.807) is 0 Å². The third-order valence-electron chi connectivity index (χ3n) is 3.13. The van der Waals surface area contributed by atoms with E-state index in [2.05, 4.69) is 5.32 Å². The molecule has 8 nitrogen and oxygen atoms in total. The van der Waals surface area contributed by atoms with E-state index < -0.39 is 14.9 Å². The van der Waals surface area contributed by atoms with Gasteiger partial charge in [0.15, 0.2) is 0 Å². The Balaban J connectivity index is 1.95. The van der Waals surface area contributed by atoms with E-state index in [0.29, 0.717) is 19.6 Å².